The highest BCUT2D eigenvalue weighted by atomic mass is 16.5. The first-order valence-corrected chi connectivity index (χ1v) is 8.98. The van der Waals surface area contributed by atoms with Crippen molar-refractivity contribution in [2.45, 2.75) is 6.92 Å². The summed E-state index contributed by atoms with van der Waals surface area (Å²) in [6.07, 6.45) is 0. The highest BCUT2D eigenvalue weighted by molar-refractivity contribution is 6.30. The Balaban J connectivity index is 1.65. The Kier molecular flexibility index (Phi) is 4.35. The van der Waals surface area contributed by atoms with Crippen LogP contribution in [0.5, 0.6) is 0 Å². The molecule has 1 aromatic heterocycles. The van der Waals surface area contributed by atoms with E-state index in [1.165, 1.54) is 0 Å². The van der Waals surface area contributed by atoms with E-state index in [-0.39, 0.29) is 24.1 Å². The number of aryl methyl sites for hydroxylation is 1. The number of benzene rings is 2. The molecule has 0 saturated carbocycles. The maximum Gasteiger partial charge on any atom is 0.338 e. The third-order valence-electron chi connectivity index (χ3n) is 4.80. The van der Waals surface area contributed by atoms with Crippen LogP contribution >= 0.6 is 0 Å². The van der Waals surface area contributed by atoms with Gasteiger partial charge >= 0.3 is 5.97 Å². The topological polar surface area (TPSA) is 91.4 Å². The average molecular weight is 376 g/mol. The van der Waals surface area contributed by atoms with Crippen molar-refractivity contribution in [1.82, 2.24) is 9.55 Å². The van der Waals surface area contributed by atoms with Crippen LogP contribution < -0.4 is 4.90 Å². The number of amidine groups is 1. The van der Waals surface area contributed by atoms with Gasteiger partial charge in [0, 0.05) is 12.7 Å². The van der Waals surface area contributed by atoms with Crippen molar-refractivity contribution in [2.24, 2.45) is 7.05 Å². The molecule has 28 heavy (non-hydrogen) atoms. The summed E-state index contributed by atoms with van der Waals surface area (Å²) in [5.41, 5.74) is 3.31. The van der Waals surface area contributed by atoms with Gasteiger partial charge in [0.25, 0.3) is 0 Å². The van der Waals surface area contributed by atoms with E-state index >= 15 is 0 Å². The summed E-state index contributed by atoms with van der Waals surface area (Å²) in [5, 5.41) is 19.2. The van der Waals surface area contributed by atoms with Crippen LogP contribution in [0.3, 0.4) is 0 Å². The molecule has 7 nitrogen and oxygen atoms in total. The SMILES string of the molecule is CCOC(=O)c1ccc(N2CC(O)=C(c3nc4ccccc4n3C)C2=N)cc1. The number of anilines is 1. The molecule has 7 heteroatoms. The molecule has 0 aliphatic carbocycles. The van der Waals surface area contributed by atoms with Crippen molar-refractivity contribution in [3.05, 3.63) is 65.7 Å². The van der Waals surface area contributed by atoms with Gasteiger partial charge in [-0.15, -0.1) is 0 Å². The summed E-state index contributed by atoms with van der Waals surface area (Å²) in [5.74, 6) is 0.430. The monoisotopic (exact) mass is 376 g/mol. The van der Waals surface area contributed by atoms with E-state index in [9.17, 15) is 9.90 Å². The molecule has 2 aromatic carbocycles. The Morgan fingerprint density at radius 3 is 2.61 bits per heavy atom. The van der Waals surface area contributed by atoms with E-state index in [1.807, 2.05) is 35.9 Å². The summed E-state index contributed by atoms with van der Waals surface area (Å²) in [7, 11) is 1.87. The summed E-state index contributed by atoms with van der Waals surface area (Å²) in [6.45, 7) is 2.25. The number of hydrogen-bond acceptors (Lipinski definition) is 5. The van der Waals surface area contributed by atoms with Crippen molar-refractivity contribution in [2.75, 3.05) is 18.1 Å². The second-order valence-electron chi connectivity index (χ2n) is 6.51. The van der Waals surface area contributed by atoms with Gasteiger partial charge in [-0.1, -0.05) is 12.1 Å². The molecule has 0 saturated heterocycles. The molecular weight excluding hydrogens is 356 g/mol. The van der Waals surface area contributed by atoms with Crippen LogP contribution in [0.15, 0.2) is 54.3 Å². The Morgan fingerprint density at radius 2 is 1.93 bits per heavy atom. The normalized spacial score (nSPS) is 14.2. The third kappa shape index (κ3) is 2.81. The fraction of sp³-hybridized carbons (Fsp3) is 0.190. The number of aliphatic hydroxyl groups is 1. The van der Waals surface area contributed by atoms with Crippen LogP contribution in [0.2, 0.25) is 0 Å². The standard InChI is InChI=1S/C21H20N4O3/c1-3-28-21(27)13-8-10-14(11-9-13)25-12-17(26)18(19(25)22)20-23-15-6-4-5-7-16(15)24(20)2/h4-11,22,26H,3,12H2,1-2H3. The minimum Gasteiger partial charge on any atom is -0.509 e. The van der Waals surface area contributed by atoms with E-state index in [0.717, 1.165) is 11.0 Å². The molecule has 2 heterocycles. The Bertz CT molecular complexity index is 1110. The first kappa shape index (κ1) is 17.8. The number of fused-ring (bicyclic) bond motifs is 1. The number of carbonyl (C=O) groups excluding carboxylic acids is 1. The van der Waals surface area contributed by atoms with Gasteiger partial charge in [-0.2, -0.15) is 0 Å². The predicted octanol–water partition coefficient (Wildman–Crippen LogP) is 3.52. The smallest absolute Gasteiger partial charge is 0.338 e. The molecular formula is C21H20N4O3. The zero-order valence-corrected chi connectivity index (χ0v) is 15.6. The second-order valence-corrected chi connectivity index (χ2v) is 6.51. The van der Waals surface area contributed by atoms with Crippen LogP contribution in [-0.4, -0.2) is 39.6 Å². The molecule has 3 aromatic rings. The molecule has 0 spiro atoms. The van der Waals surface area contributed by atoms with E-state index in [4.69, 9.17) is 10.1 Å². The number of hydrogen-bond donors (Lipinski definition) is 2. The number of carbonyl (C=O) groups is 1. The molecule has 2 N–H and O–H groups in total. The van der Waals surface area contributed by atoms with Gasteiger partial charge in [-0.25, -0.2) is 9.78 Å². The van der Waals surface area contributed by atoms with Crippen LogP contribution in [0.1, 0.15) is 23.1 Å². The summed E-state index contributed by atoms with van der Waals surface area (Å²) < 4.78 is 6.87. The molecule has 0 radical (unpaired) electrons. The minimum atomic E-state index is -0.382. The quantitative estimate of drug-likeness (QED) is 0.680. The van der Waals surface area contributed by atoms with Crippen molar-refractivity contribution < 1.29 is 14.6 Å². The van der Waals surface area contributed by atoms with Gasteiger partial charge in [0.1, 0.15) is 17.4 Å². The van der Waals surface area contributed by atoms with Crippen molar-refractivity contribution in [3.8, 4) is 0 Å². The average Bonchev–Trinajstić information content (AvgIpc) is 3.18. The lowest BCUT2D eigenvalue weighted by Crippen LogP contribution is -2.26. The highest BCUT2D eigenvalue weighted by Gasteiger charge is 2.32. The first-order valence-electron chi connectivity index (χ1n) is 8.98. The molecule has 4 rings (SSSR count). The number of para-hydroxylation sites is 2. The lowest BCUT2D eigenvalue weighted by atomic mass is 10.2. The van der Waals surface area contributed by atoms with Gasteiger partial charge in [-0.05, 0) is 43.3 Å². The maximum absolute atomic E-state index is 11.8. The van der Waals surface area contributed by atoms with E-state index in [1.54, 1.807) is 36.1 Å². The summed E-state index contributed by atoms with van der Waals surface area (Å²) >= 11 is 0. The molecule has 0 atom stereocenters. The number of rotatable bonds is 4. The second kappa shape index (κ2) is 6.84. The van der Waals surface area contributed by atoms with Crippen LogP contribution in [-0.2, 0) is 11.8 Å². The van der Waals surface area contributed by atoms with E-state index in [2.05, 4.69) is 4.98 Å². The van der Waals surface area contributed by atoms with E-state index < -0.39 is 0 Å². The van der Waals surface area contributed by atoms with Gasteiger partial charge in [-0.3, -0.25) is 5.41 Å². The molecule has 0 fully saturated rings. The Morgan fingerprint density at radius 1 is 1.21 bits per heavy atom. The number of ether oxygens (including phenoxy) is 1. The maximum atomic E-state index is 11.8. The lowest BCUT2D eigenvalue weighted by molar-refractivity contribution is 0.0526. The Labute approximate surface area is 162 Å². The van der Waals surface area contributed by atoms with Gasteiger partial charge < -0.3 is 19.3 Å². The number of esters is 1. The molecule has 0 unspecified atom stereocenters. The van der Waals surface area contributed by atoms with Gasteiger partial charge in [0.2, 0.25) is 0 Å². The van der Waals surface area contributed by atoms with E-state index in [0.29, 0.717) is 29.3 Å². The van der Waals surface area contributed by atoms with Crippen molar-refractivity contribution in [3.63, 3.8) is 0 Å². The number of imidazole rings is 1. The molecule has 1 aliphatic rings. The molecule has 0 amide bonds. The largest absolute Gasteiger partial charge is 0.509 e. The molecule has 1 aliphatic heterocycles. The van der Waals surface area contributed by atoms with Crippen LogP contribution in [0.25, 0.3) is 16.6 Å². The van der Waals surface area contributed by atoms with Crippen LogP contribution in [0.4, 0.5) is 5.69 Å². The number of nitrogens with one attached hydrogen (secondary N) is 1. The van der Waals surface area contributed by atoms with Gasteiger partial charge in [0.05, 0.1) is 35.3 Å². The fourth-order valence-electron chi connectivity index (χ4n) is 3.40. The fourth-order valence-corrected chi connectivity index (χ4v) is 3.40. The first-order chi connectivity index (χ1) is 13.5. The third-order valence-corrected chi connectivity index (χ3v) is 4.80. The number of aromatic nitrogens is 2. The van der Waals surface area contributed by atoms with Crippen molar-refractivity contribution in [1.29, 1.82) is 5.41 Å². The summed E-state index contributed by atoms with van der Waals surface area (Å²) in [4.78, 5) is 18.1. The van der Waals surface area contributed by atoms with Crippen molar-refractivity contribution >= 4 is 34.1 Å². The van der Waals surface area contributed by atoms with Gasteiger partial charge in [0.15, 0.2) is 0 Å². The zero-order valence-electron chi connectivity index (χ0n) is 15.6. The number of nitrogens with zero attached hydrogens (tertiary/aromatic N) is 3. The molecule has 0 bridgehead atoms. The zero-order chi connectivity index (χ0) is 19.8. The predicted molar refractivity (Wildman–Crippen MR) is 108 cm³/mol. The molecule has 142 valence electrons. The number of aliphatic hydroxyl groups excluding tert-OH is 1. The Hall–Kier alpha value is -3.61. The lowest BCUT2D eigenvalue weighted by Gasteiger charge is -2.19. The highest BCUT2D eigenvalue weighted by Crippen LogP contribution is 2.32. The minimum absolute atomic E-state index is 0.0953. The van der Waals surface area contributed by atoms with Crippen LogP contribution in [0, 0.1) is 5.41 Å². The summed E-state index contributed by atoms with van der Waals surface area (Å²) in [6, 6.07) is 14.5.